The Morgan fingerprint density at radius 1 is 1.00 bits per heavy atom. The van der Waals surface area contributed by atoms with Crippen molar-refractivity contribution in [1.29, 1.82) is 0 Å². The van der Waals surface area contributed by atoms with Crippen LogP contribution in [0.1, 0.15) is 5.56 Å². The van der Waals surface area contributed by atoms with Gasteiger partial charge in [0.2, 0.25) is 0 Å². The fourth-order valence-corrected chi connectivity index (χ4v) is 2.00. The number of hydrogen-bond donors (Lipinski definition) is 0. The van der Waals surface area contributed by atoms with E-state index in [1.165, 1.54) is 0 Å². The van der Waals surface area contributed by atoms with Crippen molar-refractivity contribution in [1.82, 2.24) is 0 Å². The fourth-order valence-electron chi connectivity index (χ4n) is 1.53. The molecule has 98 valence electrons. The molecule has 2 aromatic rings. The molecule has 0 atom stereocenters. The van der Waals surface area contributed by atoms with Crippen molar-refractivity contribution in [2.75, 3.05) is 7.11 Å². The SMILES string of the molecule is COc1ccccc1O/C=C\c1ccc(Cl)cc1Cl. The Morgan fingerprint density at radius 3 is 2.42 bits per heavy atom. The zero-order valence-corrected chi connectivity index (χ0v) is 11.8. The molecule has 19 heavy (non-hydrogen) atoms. The summed E-state index contributed by atoms with van der Waals surface area (Å²) in [6, 6.07) is 12.7. The van der Waals surface area contributed by atoms with Gasteiger partial charge in [-0.15, -0.1) is 0 Å². The minimum absolute atomic E-state index is 0.576. The summed E-state index contributed by atoms with van der Waals surface area (Å²) in [4.78, 5) is 0. The van der Waals surface area contributed by atoms with Gasteiger partial charge >= 0.3 is 0 Å². The topological polar surface area (TPSA) is 18.5 Å². The van der Waals surface area contributed by atoms with Crippen LogP contribution in [0.5, 0.6) is 11.5 Å². The zero-order chi connectivity index (χ0) is 13.7. The Labute approximate surface area is 122 Å². The molecule has 0 spiro atoms. The lowest BCUT2D eigenvalue weighted by Gasteiger charge is -2.06. The van der Waals surface area contributed by atoms with Crippen LogP contribution >= 0.6 is 23.2 Å². The largest absolute Gasteiger partial charge is 0.493 e. The van der Waals surface area contributed by atoms with E-state index in [2.05, 4.69) is 0 Å². The highest BCUT2D eigenvalue weighted by Gasteiger charge is 2.01. The summed E-state index contributed by atoms with van der Waals surface area (Å²) in [5.41, 5.74) is 0.834. The number of methoxy groups -OCH3 is 1. The summed E-state index contributed by atoms with van der Waals surface area (Å²) < 4.78 is 10.7. The highest BCUT2D eigenvalue weighted by Crippen LogP contribution is 2.27. The van der Waals surface area contributed by atoms with Crippen molar-refractivity contribution in [3.05, 3.63) is 64.3 Å². The molecule has 0 heterocycles. The molecular formula is C15H12Cl2O2. The van der Waals surface area contributed by atoms with E-state index in [0.29, 0.717) is 21.5 Å². The van der Waals surface area contributed by atoms with Gasteiger partial charge in [0.05, 0.1) is 13.4 Å². The number of hydrogen-bond acceptors (Lipinski definition) is 2. The summed E-state index contributed by atoms with van der Waals surface area (Å²) in [5, 5.41) is 1.18. The molecule has 0 radical (unpaired) electrons. The first-order chi connectivity index (χ1) is 9.20. The lowest BCUT2D eigenvalue weighted by molar-refractivity contribution is 0.379. The van der Waals surface area contributed by atoms with E-state index in [1.807, 2.05) is 30.3 Å². The molecule has 0 aliphatic rings. The van der Waals surface area contributed by atoms with Gasteiger partial charge in [-0.1, -0.05) is 41.4 Å². The van der Waals surface area contributed by atoms with Crippen LogP contribution in [0.4, 0.5) is 0 Å². The van der Waals surface area contributed by atoms with Crippen molar-refractivity contribution in [2.45, 2.75) is 0 Å². The molecule has 0 aliphatic heterocycles. The standard InChI is InChI=1S/C15H12Cl2O2/c1-18-14-4-2-3-5-15(14)19-9-8-11-6-7-12(16)10-13(11)17/h2-10H,1H3/b9-8-. The molecule has 0 amide bonds. The molecule has 0 N–H and O–H groups in total. The Hall–Kier alpha value is -1.64. The third kappa shape index (κ3) is 3.66. The van der Waals surface area contributed by atoms with Crippen LogP contribution < -0.4 is 9.47 Å². The second kappa shape index (κ2) is 6.50. The highest BCUT2D eigenvalue weighted by molar-refractivity contribution is 6.35. The summed E-state index contributed by atoms with van der Waals surface area (Å²) in [6.45, 7) is 0. The normalized spacial score (nSPS) is 10.7. The smallest absolute Gasteiger partial charge is 0.168 e. The minimum atomic E-state index is 0.576. The summed E-state index contributed by atoms with van der Waals surface area (Å²) in [7, 11) is 1.60. The third-order valence-corrected chi connectivity index (χ3v) is 3.04. The zero-order valence-electron chi connectivity index (χ0n) is 10.3. The number of halogens is 2. The van der Waals surface area contributed by atoms with Gasteiger partial charge < -0.3 is 9.47 Å². The van der Waals surface area contributed by atoms with E-state index in [1.54, 1.807) is 31.6 Å². The van der Waals surface area contributed by atoms with Crippen LogP contribution in [0.15, 0.2) is 48.7 Å². The van der Waals surface area contributed by atoms with E-state index in [4.69, 9.17) is 32.7 Å². The maximum absolute atomic E-state index is 6.05. The van der Waals surface area contributed by atoms with Gasteiger partial charge in [0.25, 0.3) is 0 Å². The number of ether oxygens (including phenoxy) is 2. The average Bonchev–Trinajstić information content (AvgIpc) is 2.42. The first-order valence-electron chi connectivity index (χ1n) is 5.62. The predicted molar refractivity (Wildman–Crippen MR) is 79.1 cm³/mol. The van der Waals surface area contributed by atoms with E-state index in [-0.39, 0.29) is 0 Å². The Balaban J connectivity index is 2.11. The molecule has 2 nitrogen and oxygen atoms in total. The number of rotatable bonds is 4. The van der Waals surface area contributed by atoms with Gasteiger partial charge in [-0.2, -0.15) is 0 Å². The fraction of sp³-hybridized carbons (Fsp3) is 0.0667. The quantitative estimate of drug-likeness (QED) is 0.735. The van der Waals surface area contributed by atoms with E-state index in [9.17, 15) is 0 Å². The predicted octanol–water partition coefficient (Wildman–Crippen LogP) is 5.05. The molecule has 4 heteroatoms. The lowest BCUT2D eigenvalue weighted by atomic mass is 10.2. The van der Waals surface area contributed by atoms with Crippen molar-refractivity contribution in [3.8, 4) is 11.5 Å². The second-order valence-corrected chi connectivity index (χ2v) is 4.58. The summed E-state index contributed by atoms with van der Waals surface area (Å²) in [6.07, 6.45) is 3.33. The van der Waals surface area contributed by atoms with Gasteiger partial charge in [0.1, 0.15) is 0 Å². The molecule has 0 fully saturated rings. The lowest BCUT2D eigenvalue weighted by Crippen LogP contribution is -1.88. The van der Waals surface area contributed by atoms with Gasteiger partial charge in [-0.3, -0.25) is 0 Å². The van der Waals surface area contributed by atoms with Crippen molar-refractivity contribution >= 4 is 29.3 Å². The first-order valence-corrected chi connectivity index (χ1v) is 6.37. The molecule has 2 rings (SSSR count). The van der Waals surface area contributed by atoms with Crippen LogP contribution in [0.25, 0.3) is 6.08 Å². The maximum atomic E-state index is 6.05. The second-order valence-electron chi connectivity index (χ2n) is 3.74. The Kier molecular flexibility index (Phi) is 4.72. The van der Waals surface area contributed by atoms with Gasteiger partial charge in [0.15, 0.2) is 11.5 Å². The van der Waals surface area contributed by atoms with Gasteiger partial charge in [0, 0.05) is 10.0 Å². The van der Waals surface area contributed by atoms with Crippen molar-refractivity contribution < 1.29 is 9.47 Å². The Morgan fingerprint density at radius 2 is 1.74 bits per heavy atom. The number of benzene rings is 2. The van der Waals surface area contributed by atoms with Crippen LogP contribution in [0, 0.1) is 0 Å². The molecule has 0 saturated carbocycles. The highest BCUT2D eigenvalue weighted by atomic mass is 35.5. The van der Waals surface area contributed by atoms with Gasteiger partial charge in [-0.25, -0.2) is 0 Å². The maximum Gasteiger partial charge on any atom is 0.168 e. The first kappa shape index (κ1) is 13.8. The molecule has 0 aromatic heterocycles. The molecule has 2 aromatic carbocycles. The van der Waals surface area contributed by atoms with Crippen LogP contribution in [-0.4, -0.2) is 7.11 Å². The molecule has 0 bridgehead atoms. The van der Waals surface area contributed by atoms with Gasteiger partial charge in [-0.05, 0) is 35.9 Å². The van der Waals surface area contributed by atoms with E-state index in [0.717, 1.165) is 5.56 Å². The molecular weight excluding hydrogens is 283 g/mol. The van der Waals surface area contributed by atoms with Crippen molar-refractivity contribution in [3.63, 3.8) is 0 Å². The average molecular weight is 295 g/mol. The van der Waals surface area contributed by atoms with E-state index >= 15 is 0 Å². The molecule has 0 saturated heterocycles. The minimum Gasteiger partial charge on any atom is -0.493 e. The monoisotopic (exact) mass is 294 g/mol. The summed E-state index contributed by atoms with van der Waals surface area (Å²) >= 11 is 11.9. The van der Waals surface area contributed by atoms with E-state index < -0.39 is 0 Å². The van der Waals surface area contributed by atoms with Crippen molar-refractivity contribution in [2.24, 2.45) is 0 Å². The van der Waals surface area contributed by atoms with Crippen LogP contribution in [0.2, 0.25) is 10.0 Å². The Bertz CT molecular complexity index is 594. The van der Waals surface area contributed by atoms with Crippen LogP contribution in [-0.2, 0) is 0 Å². The molecule has 0 aliphatic carbocycles. The van der Waals surface area contributed by atoms with Crippen LogP contribution in [0.3, 0.4) is 0 Å². The summed E-state index contributed by atoms with van der Waals surface area (Å²) in [5.74, 6) is 1.32. The molecule has 0 unspecified atom stereocenters. The third-order valence-electron chi connectivity index (χ3n) is 2.47. The number of para-hydroxylation sites is 2.